The fourth-order valence-electron chi connectivity index (χ4n) is 2.70. The number of nitrogens with zero attached hydrogens (tertiary/aromatic N) is 2. The molecule has 1 heterocycles. The summed E-state index contributed by atoms with van der Waals surface area (Å²) < 4.78 is 2.24. The molecular weight excluding hydrogens is 234 g/mol. The van der Waals surface area contributed by atoms with E-state index in [0.29, 0.717) is 0 Å². The molecular formula is C16H23N3. The third kappa shape index (κ3) is 2.71. The van der Waals surface area contributed by atoms with Crippen molar-refractivity contribution in [3.8, 4) is 0 Å². The van der Waals surface area contributed by atoms with E-state index in [-0.39, 0.29) is 6.04 Å². The highest BCUT2D eigenvalue weighted by atomic mass is 15.1. The molecule has 0 spiro atoms. The molecule has 19 heavy (non-hydrogen) atoms. The van der Waals surface area contributed by atoms with E-state index in [9.17, 15) is 0 Å². The summed E-state index contributed by atoms with van der Waals surface area (Å²) in [5, 5.41) is 3.42. The van der Waals surface area contributed by atoms with Crippen molar-refractivity contribution in [3.05, 3.63) is 53.1 Å². The second-order valence-electron chi connectivity index (χ2n) is 5.01. The zero-order valence-electron chi connectivity index (χ0n) is 12.3. The fourth-order valence-corrected chi connectivity index (χ4v) is 2.70. The normalized spacial score (nSPS) is 12.6. The summed E-state index contributed by atoms with van der Waals surface area (Å²) in [4.78, 5) is 4.57. The van der Waals surface area contributed by atoms with E-state index in [0.717, 1.165) is 18.8 Å². The molecule has 0 radical (unpaired) electrons. The SMILES string of the molecule is CCCn1ccnc1C(NC)c1c(C)cccc1C. The Morgan fingerprint density at radius 3 is 2.53 bits per heavy atom. The van der Waals surface area contributed by atoms with Gasteiger partial charge in [-0.3, -0.25) is 0 Å². The van der Waals surface area contributed by atoms with Crippen LogP contribution >= 0.6 is 0 Å². The van der Waals surface area contributed by atoms with Gasteiger partial charge in [0.05, 0.1) is 6.04 Å². The molecule has 2 aromatic rings. The molecule has 102 valence electrons. The molecule has 3 nitrogen and oxygen atoms in total. The van der Waals surface area contributed by atoms with Gasteiger partial charge in [0.1, 0.15) is 5.82 Å². The lowest BCUT2D eigenvalue weighted by atomic mass is 9.95. The van der Waals surface area contributed by atoms with Gasteiger partial charge < -0.3 is 9.88 Å². The van der Waals surface area contributed by atoms with Crippen molar-refractivity contribution in [2.24, 2.45) is 0 Å². The fraction of sp³-hybridized carbons (Fsp3) is 0.438. The number of aryl methyl sites for hydroxylation is 3. The maximum absolute atomic E-state index is 4.57. The Hall–Kier alpha value is -1.61. The van der Waals surface area contributed by atoms with Gasteiger partial charge in [0.25, 0.3) is 0 Å². The molecule has 1 N–H and O–H groups in total. The summed E-state index contributed by atoms with van der Waals surface area (Å²) in [5.74, 6) is 1.10. The van der Waals surface area contributed by atoms with Gasteiger partial charge in [0, 0.05) is 18.9 Å². The maximum Gasteiger partial charge on any atom is 0.130 e. The third-order valence-corrected chi connectivity index (χ3v) is 3.59. The minimum atomic E-state index is 0.155. The van der Waals surface area contributed by atoms with Crippen LogP contribution in [0.4, 0.5) is 0 Å². The average molecular weight is 257 g/mol. The zero-order chi connectivity index (χ0) is 13.8. The van der Waals surface area contributed by atoms with E-state index in [1.807, 2.05) is 13.2 Å². The van der Waals surface area contributed by atoms with Gasteiger partial charge in [-0.25, -0.2) is 4.98 Å². The summed E-state index contributed by atoms with van der Waals surface area (Å²) in [6.07, 6.45) is 5.08. The lowest BCUT2D eigenvalue weighted by Gasteiger charge is -2.21. The van der Waals surface area contributed by atoms with E-state index < -0.39 is 0 Å². The number of aromatic nitrogens is 2. The Morgan fingerprint density at radius 1 is 1.26 bits per heavy atom. The van der Waals surface area contributed by atoms with Crippen molar-refractivity contribution in [2.45, 2.75) is 39.8 Å². The van der Waals surface area contributed by atoms with Gasteiger partial charge in [-0.1, -0.05) is 25.1 Å². The number of rotatable bonds is 5. The van der Waals surface area contributed by atoms with E-state index in [1.54, 1.807) is 0 Å². The quantitative estimate of drug-likeness (QED) is 0.891. The third-order valence-electron chi connectivity index (χ3n) is 3.59. The predicted octanol–water partition coefficient (Wildman–Crippen LogP) is 3.22. The standard InChI is InChI=1S/C16H23N3/c1-5-10-19-11-9-18-16(19)15(17-4)14-12(2)7-6-8-13(14)3/h6-9,11,15,17H,5,10H2,1-4H3. The number of hydrogen-bond donors (Lipinski definition) is 1. The predicted molar refractivity (Wildman–Crippen MR) is 79.3 cm³/mol. The number of nitrogens with one attached hydrogen (secondary N) is 1. The number of benzene rings is 1. The van der Waals surface area contributed by atoms with E-state index in [1.165, 1.54) is 16.7 Å². The Morgan fingerprint density at radius 2 is 1.95 bits per heavy atom. The van der Waals surface area contributed by atoms with Crippen LogP contribution in [-0.4, -0.2) is 16.6 Å². The van der Waals surface area contributed by atoms with E-state index >= 15 is 0 Å². The molecule has 0 aliphatic carbocycles. The molecule has 1 atom stereocenters. The Balaban J connectivity index is 2.47. The van der Waals surface area contributed by atoms with Crippen molar-refractivity contribution in [2.75, 3.05) is 7.05 Å². The van der Waals surface area contributed by atoms with Gasteiger partial charge in [-0.05, 0) is 44.0 Å². The first-order chi connectivity index (χ1) is 9.19. The van der Waals surface area contributed by atoms with Gasteiger partial charge in [0.2, 0.25) is 0 Å². The number of hydrogen-bond acceptors (Lipinski definition) is 2. The molecule has 0 fully saturated rings. The molecule has 0 aliphatic heterocycles. The van der Waals surface area contributed by atoms with Crippen LogP contribution in [0.5, 0.6) is 0 Å². The Labute approximate surface area is 115 Å². The van der Waals surface area contributed by atoms with Crippen LogP contribution < -0.4 is 5.32 Å². The zero-order valence-corrected chi connectivity index (χ0v) is 12.3. The summed E-state index contributed by atoms with van der Waals surface area (Å²) in [7, 11) is 2.00. The molecule has 0 saturated heterocycles. The van der Waals surface area contributed by atoms with Crippen molar-refractivity contribution in [1.82, 2.24) is 14.9 Å². The van der Waals surface area contributed by atoms with Crippen LogP contribution in [0.15, 0.2) is 30.6 Å². The van der Waals surface area contributed by atoms with Gasteiger partial charge in [-0.2, -0.15) is 0 Å². The van der Waals surface area contributed by atoms with E-state index in [2.05, 4.69) is 60.0 Å². The topological polar surface area (TPSA) is 29.9 Å². The van der Waals surface area contributed by atoms with E-state index in [4.69, 9.17) is 0 Å². The highest BCUT2D eigenvalue weighted by Gasteiger charge is 2.20. The molecule has 1 unspecified atom stereocenters. The van der Waals surface area contributed by atoms with Crippen LogP contribution in [0, 0.1) is 13.8 Å². The first-order valence-electron chi connectivity index (χ1n) is 6.93. The average Bonchev–Trinajstić information content (AvgIpc) is 2.83. The van der Waals surface area contributed by atoms with Gasteiger partial charge in [0.15, 0.2) is 0 Å². The highest BCUT2D eigenvalue weighted by Crippen LogP contribution is 2.26. The van der Waals surface area contributed by atoms with Crippen molar-refractivity contribution >= 4 is 0 Å². The molecule has 0 bridgehead atoms. The van der Waals surface area contributed by atoms with Crippen LogP contribution in [0.2, 0.25) is 0 Å². The van der Waals surface area contributed by atoms with Crippen molar-refractivity contribution in [3.63, 3.8) is 0 Å². The lowest BCUT2D eigenvalue weighted by molar-refractivity contribution is 0.565. The lowest BCUT2D eigenvalue weighted by Crippen LogP contribution is -2.23. The molecule has 0 aliphatic rings. The Kier molecular flexibility index (Phi) is 4.38. The summed E-state index contributed by atoms with van der Waals surface area (Å²) in [6, 6.07) is 6.60. The van der Waals surface area contributed by atoms with Crippen LogP contribution in [0.25, 0.3) is 0 Å². The van der Waals surface area contributed by atoms with Crippen LogP contribution in [-0.2, 0) is 6.54 Å². The second kappa shape index (κ2) is 6.02. The van der Waals surface area contributed by atoms with Gasteiger partial charge in [-0.15, -0.1) is 0 Å². The van der Waals surface area contributed by atoms with Crippen molar-refractivity contribution < 1.29 is 0 Å². The summed E-state index contributed by atoms with van der Waals surface area (Å²) >= 11 is 0. The van der Waals surface area contributed by atoms with Crippen LogP contribution in [0.1, 0.15) is 41.9 Å². The monoisotopic (exact) mass is 257 g/mol. The van der Waals surface area contributed by atoms with Crippen LogP contribution in [0.3, 0.4) is 0 Å². The minimum absolute atomic E-state index is 0.155. The molecule has 1 aromatic carbocycles. The highest BCUT2D eigenvalue weighted by molar-refractivity contribution is 5.39. The summed E-state index contributed by atoms with van der Waals surface area (Å²) in [6.45, 7) is 7.54. The Bertz CT molecular complexity index is 522. The molecule has 0 amide bonds. The summed E-state index contributed by atoms with van der Waals surface area (Å²) in [5.41, 5.74) is 3.96. The first kappa shape index (κ1) is 13.8. The molecule has 0 saturated carbocycles. The minimum Gasteiger partial charge on any atom is -0.333 e. The molecule has 1 aromatic heterocycles. The first-order valence-corrected chi connectivity index (χ1v) is 6.93. The van der Waals surface area contributed by atoms with Gasteiger partial charge >= 0.3 is 0 Å². The van der Waals surface area contributed by atoms with Crippen molar-refractivity contribution in [1.29, 1.82) is 0 Å². The number of imidazole rings is 1. The second-order valence-corrected chi connectivity index (χ2v) is 5.01. The molecule has 3 heteroatoms. The largest absolute Gasteiger partial charge is 0.333 e. The molecule has 2 rings (SSSR count). The smallest absolute Gasteiger partial charge is 0.130 e. The maximum atomic E-state index is 4.57.